The maximum atomic E-state index is 13.7. The highest BCUT2D eigenvalue weighted by Crippen LogP contribution is 2.09. The summed E-state index contributed by atoms with van der Waals surface area (Å²) in [5.41, 5.74) is 5.68. The van der Waals surface area contributed by atoms with Gasteiger partial charge in [-0.05, 0) is 18.2 Å². The minimum Gasteiger partial charge on any atom is -0.382 e. The fourth-order valence-corrected chi connectivity index (χ4v) is 1.49. The van der Waals surface area contributed by atoms with Gasteiger partial charge in [-0.1, -0.05) is 11.8 Å². The molecule has 0 aliphatic heterocycles. The number of nitrogens with one attached hydrogen (secondary N) is 1. The molecule has 0 aliphatic rings. The molecule has 0 aromatic heterocycles. The Morgan fingerprint density at radius 3 is 2.86 bits per heavy atom. The lowest BCUT2D eigenvalue weighted by Crippen LogP contribution is -2.27. The zero-order valence-electron chi connectivity index (χ0n) is 11.9. The smallest absolute Gasteiger partial charge is 0.251 e. The average molecular weight is 294 g/mol. The lowest BCUT2D eigenvalue weighted by molar-refractivity contribution is 0.0692. The van der Waals surface area contributed by atoms with E-state index in [-0.39, 0.29) is 23.6 Å². The predicted octanol–water partition coefficient (Wildman–Crippen LogP) is 0.529. The number of nitrogens with two attached hydrogens (primary N) is 1. The van der Waals surface area contributed by atoms with Gasteiger partial charge in [0.05, 0.1) is 31.9 Å². The first-order valence-corrected chi connectivity index (χ1v) is 6.52. The Morgan fingerprint density at radius 2 is 2.19 bits per heavy atom. The van der Waals surface area contributed by atoms with E-state index in [0.29, 0.717) is 26.4 Å². The molecule has 1 aromatic carbocycles. The molecular formula is C15H19FN2O3. The molecule has 0 saturated heterocycles. The lowest BCUT2D eigenvalue weighted by atomic mass is 10.1. The summed E-state index contributed by atoms with van der Waals surface area (Å²) in [6, 6.07) is 4.13. The van der Waals surface area contributed by atoms with Crippen LogP contribution in [0.5, 0.6) is 0 Å². The van der Waals surface area contributed by atoms with Crippen LogP contribution in [-0.2, 0) is 9.47 Å². The number of benzene rings is 1. The number of hydrogen-bond acceptors (Lipinski definition) is 4. The fourth-order valence-electron chi connectivity index (χ4n) is 1.49. The van der Waals surface area contributed by atoms with Gasteiger partial charge < -0.3 is 20.5 Å². The average Bonchev–Trinajstić information content (AvgIpc) is 2.49. The Hall–Kier alpha value is -1.94. The predicted molar refractivity (Wildman–Crippen MR) is 77.4 cm³/mol. The summed E-state index contributed by atoms with van der Waals surface area (Å²) in [7, 11) is 1.58. The number of amides is 1. The standard InChI is InChI=1S/C15H19FN2O3/c1-20-9-10-21-8-7-18-15(19)13-5-4-12(3-2-6-17)14(16)11-13/h4-5,11H,6-10,17H2,1H3,(H,18,19). The van der Waals surface area contributed by atoms with Crippen molar-refractivity contribution in [3.63, 3.8) is 0 Å². The van der Waals surface area contributed by atoms with Gasteiger partial charge in [0.1, 0.15) is 5.82 Å². The number of ether oxygens (including phenoxy) is 2. The molecule has 0 spiro atoms. The number of rotatable bonds is 7. The van der Waals surface area contributed by atoms with Crippen LogP contribution in [-0.4, -0.2) is 45.9 Å². The van der Waals surface area contributed by atoms with E-state index in [9.17, 15) is 9.18 Å². The number of hydrogen-bond donors (Lipinski definition) is 2. The van der Waals surface area contributed by atoms with E-state index in [2.05, 4.69) is 17.2 Å². The van der Waals surface area contributed by atoms with Crippen LogP contribution in [0, 0.1) is 17.7 Å². The van der Waals surface area contributed by atoms with Crippen LogP contribution in [0.3, 0.4) is 0 Å². The molecule has 1 amide bonds. The Morgan fingerprint density at radius 1 is 1.38 bits per heavy atom. The van der Waals surface area contributed by atoms with Crippen LogP contribution in [0.2, 0.25) is 0 Å². The molecule has 1 rings (SSSR count). The van der Waals surface area contributed by atoms with Crippen molar-refractivity contribution in [1.29, 1.82) is 0 Å². The van der Waals surface area contributed by atoms with Crippen molar-refractivity contribution in [2.45, 2.75) is 0 Å². The van der Waals surface area contributed by atoms with Crippen LogP contribution in [0.25, 0.3) is 0 Å². The summed E-state index contributed by atoms with van der Waals surface area (Å²) >= 11 is 0. The second-order valence-corrected chi connectivity index (χ2v) is 4.06. The van der Waals surface area contributed by atoms with Gasteiger partial charge in [-0.15, -0.1) is 0 Å². The van der Waals surface area contributed by atoms with Gasteiger partial charge in [0.25, 0.3) is 5.91 Å². The molecule has 5 nitrogen and oxygen atoms in total. The molecule has 6 heteroatoms. The molecule has 0 bridgehead atoms. The summed E-state index contributed by atoms with van der Waals surface area (Å²) < 4.78 is 23.7. The molecule has 0 radical (unpaired) electrons. The van der Waals surface area contributed by atoms with Crippen molar-refractivity contribution < 1.29 is 18.7 Å². The maximum absolute atomic E-state index is 13.7. The van der Waals surface area contributed by atoms with E-state index in [1.165, 1.54) is 12.1 Å². The highest BCUT2D eigenvalue weighted by atomic mass is 19.1. The quantitative estimate of drug-likeness (QED) is 0.568. The third kappa shape index (κ3) is 6.36. The molecule has 0 saturated carbocycles. The minimum atomic E-state index is -0.542. The Bertz CT molecular complexity index is 523. The second-order valence-electron chi connectivity index (χ2n) is 4.06. The van der Waals surface area contributed by atoms with E-state index < -0.39 is 5.82 Å². The zero-order chi connectivity index (χ0) is 15.5. The Kier molecular flexibility index (Phi) is 8.05. The molecule has 0 aliphatic carbocycles. The maximum Gasteiger partial charge on any atom is 0.251 e. The normalized spacial score (nSPS) is 9.86. The Balaban J connectivity index is 2.46. The van der Waals surface area contributed by atoms with Crippen molar-refractivity contribution in [3.8, 4) is 11.8 Å². The monoisotopic (exact) mass is 294 g/mol. The van der Waals surface area contributed by atoms with Gasteiger partial charge in [-0.2, -0.15) is 0 Å². The van der Waals surface area contributed by atoms with Gasteiger partial charge in [0.2, 0.25) is 0 Å². The Labute approximate surface area is 123 Å². The van der Waals surface area contributed by atoms with Gasteiger partial charge in [-0.25, -0.2) is 4.39 Å². The van der Waals surface area contributed by atoms with Crippen LogP contribution in [0.15, 0.2) is 18.2 Å². The molecule has 114 valence electrons. The zero-order valence-corrected chi connectivity index (χ0v) is 11.9. The first-order chi connectivity index (χ1) is 10.2. The van der Waals surface area contributed by atoms with Gasteiger partial charge >= 0.3 is 0 Å². The molecule has 1 aromatic rings. The molecule has 0 heterocycles. The van der Waals surface area contributed by atoms with Crippen molar-refractivity contribution in [2.75, 3.05) is 40.0 Å². The number of methoxy groups -OCH3 is 1. The van der Waals surface area contributed by atoms with Gasteiger partial charge in [-0.3, -0.25) is 4.79 Å². The number of carbonyl (C=O) groups excluding carboxylic acids is 1. The summed E-state index contributed by atoms with van der Waals surface area (Å²) in [5, 5.41) is 2.64. The third-order valence-corrected chi connectivity index (χ3v) is 2.52. The third-order valence-electron chi connectivity index (χ3n) is 2.52. The topological polar surface area (TPSA) is 73.6 Å². The van der Waals surface area contributed by atoms with E-state index in [1.54, 1.807) is 7.11 Å². The van der Waals surface area contributed by atoms with E-state index in [1.807, 2.05) is 0 Å². The van der Waals surface area contributed by atoms with Crippen LogP contribution >= 0.6 is 0 Å². The highest BCUT2D eigenvalue weighted by Gasteiger charge is 2.08. The van der Waals surface area contributed by atoms with Gasteiger partial charge in [0.15, 0.2) is 0 Å². The number of halogens is 1. The van der Waals surface area contributed by atoms with Crippen molar-refractivity contribution in [2.24, 2.45) is 5.73 Å². The first-order valence-electron chi connectivity index (χ1n) is 6.52. The van der Waals surface area contributed by atoms with E-state index >= 15 is 0 Å². The number of carbonyl (C=O) groups is 1. The van der Waals surface area contributed by atoms with Crippen molar-refractivity contribution in [1.82, 2.24) is 5.32 Å². The summed E-state index contributed by atoms with van der Waals surface area (Å²) in [5.74, 6) is 4.26. The first kappa shape index (κ1) is 17.1. The van der Waals surface area contributed by atoms with E-state index in [4.69, 9.17) is 15.2 Å². The molecule has 0 atom stereocenters. The van der Waals surface area contributed by atoms with E-state index in [0.717, 1.165) is 6.07 Å². The second kappa shape index (κ2) is 9.88. The minimum absolute atomic E-state index is 0.157. The molecule has 0 fully saturated rings. The van der Waals surface area contributed by atoms with Gasteiger partial charge in [0, 0.05) is 19.2 Å². The van der Waals surface area contributed by atoms with Crippen LogP contribution in [0.4, 0.5) is 4.39 Å². The largest absolute Gasteiger partial charge is 0.382 e. The van der Waals surface area contributed by atoms with Crippen LogP contribution in [0.1, 0.15) is 15.9 Å². The SMILES string of the molecule is COCCOCCNC(=O)c1ccc(C#CCN)c(F)c1. The lowest BCUT2D eigenvalue weighted by Gasteiger charge is -2.06. The van der Waals surface area contributed by atoms with Crippen molar-refractivity contribution >= 4 is 5.91 Å². The van der Waals surface area contributed by atoms with Crippen molar-refractivity contribution in [3.05, 3.63) is 35.1 Å². The van der Waals surface area contributed by atoms with Crippen LogP contribution < -0.4 is 11.1 Å². The fraction of sp³-hybridized carbons (Fsp3) is 0.400. The molecule has 0 unspecified atom stereocenters. The molecule has 3 N–H and O–H groups in total. The summed E-state index contributed by atoms with van der Waals surface area (Å²) in [4.78, 5) is 11.8. The molecular weight excluding hydrogens is 275 g/mol. The summed E-state index contributed by atoms with van der Waals surface area (Å²) in [6.07, 6.45) is 0. The summed E-state index contributed by atoms with van der Waals surface area (Å²) in [6.45, 7) is 1.85. The molecule has 21 heavy (non-hydrogen) atoms. The highest BCUT2D eigenvalue weighted by molar-refractivity contribution is 5.94.